The second-order valence-electron chi connectivity index (χ2n) is 6.57. The first-order chi connectivity index (χ1) is 9.17. The summed E-state index contributed by atoms with van der Waals surface area (Å²) >= 11 is 1.90. The molecule has 2 aliphatic rings. The van der Waals surface area contributed by atoms with Crippen LogP contribution in [0.15, 0.2) is 12.1 Å². The number of nitrogens with two attached hydrogens (primary N) is 1. The van der Waals surface area contributed by atoms with Crippen molar-refractivity contribution in [2.75, 3.05) is 20.1 Å². The molecule has 3 heteroatoms. The fourth-order valence-electron chi connectivity index (χ4n) is 4.24. The first kappa shape index (κ1) is 13.6. The summed E-state index contributed by atoms with van der Waals surface area (Å²) in [4.78, 5) is 5.34. The maximum Gasteiger partial charge on any atom is 0.0562 e. The summed E-state index contributed by atoms with van der Waals surface area (Å²) in [6.07, 6.45) is 5.95. The van der Waals surface area contributed by atoms with Gasteiger partial charge in [-0.3, -0.25) is 4.90 Å². The molecule has 2 bridgehead atoms. The number of hydrogen-bond acceptors (Lipinski definition) is 3. The standard InChI is InChI=1S/C16H26N2S/c1-11-3-6-16(19-11)15(9-17)18(2)10-14-8-12-4-5-13(14)7-12/h3,6,12-15H,4-5,7-10,17H2,1-2H3. The monoisotopic (exact) mass is 278 g/mol. The smallest absolute Gasteiger partial charge is 0.0562 e. The molecular formula is C16H26N2S. The summed E-state index contributed by atoms with van der Waals surface area (Å²) in [6.45, 7) is 4.15. The first-order valence-electron chi connectivity index (χ1n) is 7.64. The van der Waals surface area contributed by atoms with Crippen LogP contribution >= 0.6 is 11.3 Å². The molecule has 0 amide bonds. The van der Waals surface area contributed by atoms with E-state index >= 15 is 0 Å². The van der Waals surface area contributed by atoms with E-state index in [1.807, 2.05) is 11.3 Å². The summed E-state index contributed by atoms with van der Waals surface area (Å²) in [6, 6.07) is 4.89. The lowest BCUT2D eigenvalue weighted by Crippen LogP contribution is -2.35. The number of fused-ring (bicyclic) bond motifs is 2. The van der Waals surface area contributed by atoms with Crippen LogP contribution in [0.5, 0.6) is 0 Å². The van der Waals surface area contributed by atoms with Crippen LogP contribution in [-0.2, 0) is 0 Å². The zero-order chi connectivity index (χ0) is 13.4. The van der Waals surface area contributed by atoms with Gasteiger partial charge >= 0.3 is 0 Å². The molecule has 0 spiro atoms. The summed E-state index contributed by atoms with van der Waals surface area (Å²) in [7, 11) is 2.26. The average molecular weight is 278 g/mol. The molecule has 2 nitrogen and oxygen atoms in total. The van der Waals surface area contributed by atoms with E-state index in [-0.39, 0.29) is 0 Å². The number of hydrogen-bond donors (Lipinski definition) is 1. The van der Waals surface area contributed by atoms with Crippen molar-refractivity contribution >= 4 is 11.3 Å². The van der Waals surface area contributed by atoms with Crippen LogP contribution in [0, 0.1) is 24.7 Å². The molecule has 2 N–H and O–H groups in total. The van der Waals surface area contributed by atoms with Crippen LogP contribution in [0.25, 0.3) is 0 Å². The summed E-state index contributed by atoms with van der Waals surface area (Å²) in [5.41, 5.74) is 6.03. The zero-order valence-electron chi connectivity index (χ0n) is 12.1. The normalized spacial score (nSPS) is 31.3. The zero-order valence-corrected chi connectivity index (χ0v) is 13.0. The van der Waals surface area contributed by atoms with E-state index in [0.717, 1.165) is 24.3 Å². The van der Waals surface area contributed by atoms with Gasteiger partial charge in [0.25, 0.3) is 0 Å². The Morgan fingerprint density at radius 2 is 2.21 bits per heavy atom. The number of thiophene rings is 1. The summed E-state index contributed by atoms with van der Waals surface area (Å²) < 4.78 is 0. The molecule has 4 atom stereocenters. The van der Waals surface area contributed by atoms with Crippen LogP contribution in [0.3, 0.4) is 0 Å². The third kappa shape index (κ3) is 2.74. The molecule has 3 rings (SSSR count). The van der Waals surface area contributed by atoms with Gasteiger partial charge in [-0.2, -0.15) is 0 Å². The van der Waals surface area contributed by atoms with Gasteiger partial charge in [-0.05, 0) is 63.1 Å². The van der Waals surface area contributed by atoms with Crippen molar-refractivity contribution in [1.29, 1.82) is 0 Å². The van der Waals surface area contributed by atoms with Crippen molar-refractivity contribution in [3.8, 4) is 0 Å². The predicted octanol–water partition coefficient (Wildman–Crippen LogP) is 3.42. The molecule has 1 aromatic heterocycles. The molecule has 0 aromatic carbocycles. The Balaban J connectivity index is 1.63. The van der Waals surface area contributed by atoms with Crippen LogP contribution in [0.1, 0.15) is 41.5 Å². The van der Waals surface area contributed by atoms with Gasteiger partial charge in [0, 0.05) is 22.8 Å². The second kappa shape index (κ2) is 5.55. The van der Waals surface area contributed by atoms with Crippen molar-refractivity contribution in [3.05, 3.63) is 21.9 Å². The van der Waals surface area contributed by atoms with E-state index in [9.17, 15) is 0 Å². The minimum Gasteiger partial charge on any atom is -0.329 e. The molecule has 0 aliphatic heterocycles. The first-order valence-corrected chi connectivity index (χ1v) is 8.45. The molecule has 0 saturated heterocycles. The van der Waals surface area contributed by atoms with E-state index in [4.69, 9.17) is 5.73 Å². The second-order valence-corrected chi connectivity index (χ2v) is 7.89. The van der Waals surface area contributed by atoms with Gasteiger partial charge in [0.15, 0.2) is 0 Å². The highest BCUT2D eigenvalue weighted by molar-refractivity contribution is 7.12. The van der Waals surface area contributed by atoms with Crippen molar-refractivity contribution in [3.63, 3.8) is 0 Å². The minimum atomic E-state index is 0.415. The third-order valence-electron chi connectivity index (χ3n) is 5.25. The lowest BCUT2D eigenvalue weighted by Gasteiger charge is -2.32. The third-order valence-corrected chi connectivity index (χ3v) is 6.35. The fourth-order valence-corrected chi connectivity index (χ4v) is 5.30. The van der Waals surface area contributed by atoms with E-state index in [1.165, 1.54) is 42.0 Å². The van der Waals surface area contributed by atoms with Crippen molar-refractivity contribution < 1.29 is 0 Å². The van der Waals surface area contributed by atoms with Gasteiger partial charge in [0.1, 0.15) is 0 Å². The maximum atomic E-state index is 6.03. The van der Waals surface area contributed by atoms with Gasteiger partial charge in [0.2, 0.25) is 0 Å². The van der Waals surface area contributed by atoms with Gasteiger partial charge < -0.3 is 5.73 Å². The molecule has 106 valence electrons. The molecule has 2 aliphatic carbocycles. The van der Waals surface area contributed by atoms with Gasteiger partial charge in [-0.15, -0.1) is 11.3 Å². The lowest BCUT2D eigenvalue weighted by molar-refractivity contribution is 0.178. The Morgan fingerprint density at radius 3 is 2.74 bits per heavy atom. The van der Waals surface area contributed by atoms with Gasteiger partial charge in [0.05, 0.1) is 6.04 Å². The Morgan fingerprint density at radius 1 is 1.37 bits per heavy atom. The van der Waals surface area contributed by atoms with Gasteiger partial charge in [-0.25, -0.2) is 0 Å². The Kier molecular flexibility index (Phi) is 3.97. The number of nitrogens with zero attached hydrogens (tertiary/aromatic N) is 1. The molecule has 0 radical (unpaired) electrons. The summed E-state index contributed by atoms with van der Waals surface area (Å²) in [5, 5.41) is 0. The van der Waals surface area contributed by atoms with Crippen LogP contribution in [0.2, 0.25) is 0 Å². The predicted molar refractivity (Wildman–Crippen MR) is 82.4 cm³/mol. The highest BCUT2D eigenvalue weighted by Crippen LogP contribution is 2.48. The largest absolute Gasteiger partial charge is 0.329 e. The number of rotatable bonds is 5. The quantitative estimate of drug-likeness (QED) is 0.894. The molecule has 2 saturated carbocycles. The number of likely N-dealkylation sites (N-methyl/N-ethyl adjacent to an activating group) is 1. The molecule has 4 unspecified atom stereocenters. The van der Waals surface area contributed by atoms with Crippen molar-refractivity contribution in [1.82, 2.24) is 4.90 Å². The highest BCUT2D eigenvalue weighted by atomic mass is 32.1. The molecule has 19 heavy (non-hydrogen) atoms. The minimum absolute atomic E-state index is 0.415. The van der Waals surface area contributed by atoms with E-state index < -0.39 is 0 Å². The van der Waals surface area contributed by atoms with Crippen LogP contribution < -0.4 is 5.73 Å². The topological polar surface area (TPSA) is 29.3 Å². The Hall–Kier alpha value is -0.380. The van der Waals surface area contributed by atoms with Crippen LogP contribution in [0.4, 0.5) is 0 Å². The Labute approximate surface area is 121 Å². The van der Waals surface area contributed by atoms with E-state index in [0.29, 0.717) is 6.04 Å². The SMILES string of the molecule is Cc1ccc(C(CN)N(C)CC2CC3CCC2C3)s1. The van der Waals surface area contributed by atoms with Gasteiger partial charge in [-0.1, -0.05) is 6.42 Å². The summed E-state index contributed by atoms with van der Waals surface area (Å²) in [5.74, 6) is 2.98. The Bertz CT molecular complexity index is 428. The van der Waals surface area contributed by atoms with Crippen molar-refractivity contribution in [2.45, 2.75) is 38.6 Å². The van der Waals surface area contributed by atoms with E-state index in [1.54, 1.807) is 0 Å². The molecular weight excluding hydrogens is 252 g/mol. The average Bonchev–Trinajstić information content (AvgIpc) is 3.07. The highest BCUT2D eigenvalue weighted by Gasteiger charge is 2.40. The van der Waals surface area contributed by atoms with E-state index in [2.05, 4.69) is 31.0 Å². The molecule has 1 aromatic rings. The molecule has 2 fully saturated rings. The maximum absolute atomic E-state index is 6.03. The fraction of sp³-hybridized carbons (Fsp3) is 0.750. The lowest BCUT2D eigenvalue weighted by atomic mass is 9.88. The van der Waals surface area contributed by atoms with Crippen molar-refractivity contribution in [2.24, 2.45) is 23.5 Å². The molecule has 1 heterocycles. The van der Waals surface area contributed by atoms with Crippen LogP contribution in [-0.4, -0.2) is 25.0 Å². The number of aryl methyl sites for hydroxylation is 1.